The van der Waals surface area contributed by atoms with E-state index in [1.807, 2.05) is 6.92 Å². The summed E-state index contributed by atoms with van der Waals surface area (Å²) in [5.41, 5.74) is 1.06. The predicted octanol–water partition coefficient (Wildman–Crippen LogP) is 4.51. The van der Waals surface area contributed by atoms with Crippen molar-refractivity contribution < 1.29 is 13.2 Å². The zero-order valence-corrected chi connectivity index (χ0v) is 17.9. The van der Waals surface area contributed by atoms with Crippen molar-refractivity contribution in [1.29, 1.82) is 0 Å². The second-order valence-electron chi connectivity index (χ2n) is 6.51. The third kappa shape index (κ3) is 5.02. The summed E-state index contributed by atoms with van der Waals surface area (Å²) in [4.78, 5) is 12.7. The van der Waals surface area contributed by atoms with Crippen molar-refractivity contribution in [3.63, 3.8) is 0 Å². The maximum Gasteiger partial charge on any atom is 0.251 e. The highest BCUT2D eigenvalue weighted by Crippen LogP contribution is 2.26. The maximum absolute atomic E-state index is 12.6. The highest BCUT2D eigenvalue weighted by atomic mass is 35.5. The molecule has 0 radical (unpaired) electrons. The van der Waals surface area contributed by atoms with Crippen molar-refractivity contribution in [1.82, 2.24) is 9.62 Å². The van der Waals surface area contributed by atoms with Gasteiger partial charge in [0.2, 0.25) is 10.0 Å². The molecule has 0 heterocycles. The van der Waals surface area contributed by atoms with E-state index >= 15 is 0 Å². The Balaban J connectivity index is 2.23. The first-order valence-corrected chi connectivity index (χ1v) is 10.6. The number of carbonyl (C=O) groups is 1. The Morgan fingerprint density at radius 3 is 2.30 bits per heavy atom. The van der Waals surface area contributed by atoms with Gasteiger partial charge in [0.25, 0.3) is 5.91 Å². The average molecular weight is 429 g/mol. The highest BCUT2D eigenvalue weighted by molar-refractivity contribution is 7.89. The maximum atomic E-state index is 12.6. The number of hydrogen-bond acceptors (Lipinski definition) is 3. The van der Waals surface area contributed by atoms with E-state index in [1.165, 1.54) is 23.5 Å². The molecule has 2 aromatic rings. The topological polar surface area (TPSA) is 66.5 Å². The lowest BCUT2D eigenvalue weighted by molar-refractivity contribution is 0.0939. The lowest BCUT2D eigenvalue weighted by Gasteiger charge is -2.21. The molecule has 0 saturated heterocycles. The molecule has 2 aromatic carbocycles. The third-order valence-electron chi connectivity index (χ3n) is 4.29. The number of halogens is 2. The van der Waals surface area contributed by atoms with E-state index in [9.17, 15) is 13.2 Å². The number of nitrogens with one attached hydrogen (secondary N) is 1. The molecule has 2 rings (SSSR count). The summed E-state index contributed by atoms with van der Waals surface area (Å²) >= 11 is 11.9. The number of hydrogen-bond donors (Lipinski definition) is 1. The normalized spacial score (nSPS) is 13.0. The van der Waals surface area contributed by atoms with E-state index < -0.39 is 10.0 Å². The molecule has 0 aliphatic rings. The highest BCUT2D eigenvalue weighted by Gasteiger charge is 2.24. The summed E-state index contributed by atoms with van der Waals surface area (Å²) in [6, 6.07) is 10.6. The molecule has 5 nitrogen and oxygen atoms in total. The van der Waals surface area contributed by atoms with Crippen molar-refractivity contribution in [3.8, 4) is 0 Å². The molecule has 0 aliphatic carbocycles. The first-order valence-electron chi connectivity index (χ1n) is 8.38. The summed E-state index contributed by atoms with van der Waals surface area (Å²) in [5.74, 6) is -0.377. The quantitative estimate of drug-likeness (QED) is 0.735. The largest absolute Gasteiger partial charge is 0.346 e. The van der Waals surface area contributed by atoms with Crippen LogP contribution in [0.5, 0.6) is 0 Å². The Kier molecular flexibility index (Phi) is 6.92. The minimum atomic E-state index is -3.66. The van der Waals surface area contributed by atoms with Gasteiger partial charge in [0.1, 0.15) is 0 Å². The molecule has 8 heteroatoms. The number of rotatable bonds is 6. The zero-order valence-electron chi connectivity index (χ0n) is 15.5. The average Bonchev–Trinajstić information content (AvgIpc) is 2.63. The molecule has 27 heavy (non-hydrogen) atoms. The third-order valence-corrected chi connectivity index (χ3v) is 7.06. The number of sulfonamides is 1. The molecular weight excluding hydrogens is 407 g/mol. The fourth-order valence-corrected chi connectivity index (χ4v) is 4.11. The molecule has 0 spiro atoms. The van der Waals surface area contributed by atoms with Gasteiger partial charge in [-0.2, -0.15) is 4.31 Å². The smallest absolute Gasteiger partial charge is 0.251 e. The number of carbonyl (C=O) groups excluding carboxylic acids is 1. The van der Waals surface area contributed by atoms with Crippen molar-refractivity contribution in [2.75, 3.05) is 7.05 Å². The Bertz CT molecular complexity index is 946. The van der Waals surface area contributed by atoms with Crippen molar-refractivity contribution in [2.24, 2.45) is 0 Å². The van der Waals surface area contributed by atoms with E-state index in [0.29, 0.717) is 10.0 Å². The van der Waals surface area contributed by atoms with Gasteiger partial charge in [0.05, 0.1) is 21.0 Å². The van der Waals surface area contributed by atoms with Gasteiger partial charge in [0, 0.05) is 18.7 Å². The lowest BCUT2D eigenvalue weighted by Crippen LogP contribution is -2.33. The SMILES string of the molecule is CC(NC(=O)c1cccc(S(=O)(=O)N(C)C(C)C)c1)c1ccc(Cl)c(Cl)c1. The van der Waals surface area contributed by atoms with E-state index in [2.05, 4.69) is 5.32 Å². The Hall–Kier alpha value is -1.60. The van der Waals surface area contributed by atoms with Crippen LogP contribution in [-0.4, -0.2) is 31.7 Å². The van der Waals surface area contributed by atoms with Crippen LogP contribution in [-0.2, 0) is 10.0 Å². The molecule has 1 unspecified atom stereocenters. The zero-order chi connectivity index (χ0) is 20.4. The monoisotopic (exact) mass is 428 g/mol. The summed E-state index contributed by atoms with van der Waals surface area (Å²) in [6.45, 7) is 5.38. The summed E-state index contributed by atoms with van der Waals surface area (Å²) in [5, 5.41) is 3.68. The lowest BCUT2D eigenvalue weighted by atomic mass is 10.1. The van der Waals surface area contributed by atoms with Gasteiger partial charge in [-0.25, -0.2) is 8.42 Å². The Morgan fingerprint density at radius 1 is 1.04 bits per heavy atom. The minimum Gasteiger partial charge on any atom is -0.346 e. The molecule has 0 bridgehead atoms. The van der Waals surface area contributed by atoms with Gasteiger partial charge in [-0.1, -0.05) is 35.3 Å². The molecule has 1 amide bonds. The first kappa shape index (κ1) is 21.7. The van der Waals surface area contributed by atoms with Gasteiger partial charge >= 0.3 is 0 Å². The Morgan fingerprint density at radius 2 is 1.70 bits per heavy atom. The van der Waals surface area contributed by atoms with Crippen molar-refractivity contribution in [2.45, 2.75) is 37.8 Å². The standard InChI is InChI=1S/C19H22Cl2N2O3S/c1-12(2)23(4)27(25,26)16-7-5-6-15(10-16)19(24)22-13(3)14-8-9-17(20)18(21)11-14/h5-13H,1-4H3,(H,22,24). The molecule has 0 aromatic heterocycles. The van der Waals surface area contributed by atoms with Gasteiger partial charge in [0.15, 0.2) is 0 Å². The number of amides is 1. The van der Waals surface area contributed by atoms with Crippen LogP contribution in [0.4, 0.5) is 0 Å². The van der Waals surface area contributed by atoms with Gasteiger partial charge in [-0.15, -0.1) is 0 Å². The summed E-state index contributed by atoms with van der Waals surface area (Å²) in [6.07, 6.45) is 0. The van der Waals surface area contributed by atoms with Gasteiger partial charge in [-0.3, -0.25) is 4.79 Å². The molecule has 1 N–H and O–H groups in total. The van der Waals surface area contributed by atoms with Crippen LogP contribution >= 0.6 is 23.2 Å². The van der Waals surface area contributed by atoms with Crippen LogP contribution in [0, 0.1) is 0 Å². The number of benzene rings is 2. The van der Waals surface area contributed by atoms with Gasteiger partial charge < -0.3 is 5.32 Å². The van der Waals surface area contributed by atoms with E-state index in [0.717, 1.165) is 5.56 Å². The molecule has 0 aliphatic heterocycles. The second-order valence-corrected chi connectivity index (χ2v) is 9.32. The molecular formula is C19H22Cl2N2O3S. The van der Waals surface area contributed by atoms with Crippen LogP contribution in [0.3, 0.4) is 0 Å². The van der Waals surface area contributed by atoms with Crippen LogP contribution in [0.25, 0.3) is 0 Å². The Labute approximate surface area is 170 Å². The molecule has 146 valence electrons. The fraction of sp³-hybridized carbons (Fsp3) is 0.316. The minimum absolute atomic E-state index is 0.0774. The van der Waals surface area contributed by atoms with Crippen LogP contribution in [0.15, 0.2) is 47.4 Å². The first-order chi connectivity index (χ1) is 12.5. The molecule has 0 saturated carbocycles. The van der Waals surface area contributed by atoms with E-state index in [4.69, 9.17) is 23.2 Å². The summed E-state index contributed by atoms with van der Waals surface area (Å²) in [7, 11) is -2.15. The second kappa shape index (κ2) is 8.61. The predicted molar refractivity (Wildman–Crippen MR) is 109 cm³/mol. The fourth-order valence-electron chi connectivity index (χ4n) is 2.39. The van der Waals surface area contributed by atoms with E-state index in [-0.39, 0.29) is 28.4 Å². The number of nitrogens with zero attached hydrogens (tertiary/aromatic N) is 1. The molecule has 1 atom stereocenters. The van der Waals surface area contributed by atoms with Crippen molar-refractivity contribution in [3.05, 3.63) is 63.6 Å². The van der Waals surface area contributed by atoms with Crippen molar-refractivity contribution >= 4 is 39.1 Å². The van der Waals surface area contributed by atoms with Crippen LogP contribution in [0.1, 0.15) is 42.7 Å². The van der Waals surface area contributed by atoms with Crippen LogP contribution < -0.4 is 5.32 Å². The van der Waals surface area contributed by atoms with Crippen LogP contribution in [0.2, 0.25) is 10.0 Å². The molecule has 0 fully saturated rings. The summed E-state index contributed by atoms with van der Waals surface area (Å²) < 4.78 is 26.5. The van der Waals surface area contributed by atoms with Gasteiger partial charge in [-0.05, 0) is 56.7 Å². The van der Waals surface area contributed by atoms with E-state index in [1.54, 1.807) is 44.2 Å².